The molecule has 0 amide bonds. The SMILES string of the molecule is O=C(O)C(c1ncc(Br)cc1Cl)C1CC1. The number of aliphatic carboxylic acids is 1. The van der Waals surface area contributed by atoms with E-state index in [-0.39, 0.29) is 5.92 Å². The number of nitrogens with zero attached hydrogens (tertiary/aromatic N) is 1. The van der Waals surface area contributed by atoms with Gasteiger partial charge in [-0.2, -0.15) is 0 Å². The molecule has 0 radical (unpaired) electrons. The van der Waals surface area contributed by atoms with Gasteiger partial charge < -0.3 is 5.11 Å². The lowest BCUT2D eigenvalue weighted by Crippen LogP contribution is -2.15. The summed E-state index contributed by atoms with van der Waals surface area (Å²) in [7, 11) is 0. The molecule has 1 atom stereocenters. The highest BCUT2D eigenvalue weighted by atomic mass is 79.9. The van der Waals surface area contributed by atoms with Crippen molar-refractivity contribution >= 4 is 33.5 Å². The van der Waals surface area contributed by atoms with E-state index < -0.39 is 11.9 Å². The predicted molar refractivity (Wildman–Crippen MR) is 60.0 cm³/mol. The molecular weight excluding hydrogens is 281 g/mol. The van der Waals surface area contributed by atoms with Gasteiger partial charge in [-0.1, -0.05) is 11.6 Å². The molecule has 15 heavy (non-hydrogen) atoms. The summed E-state index contributed by atoms with van der Waals surface area (Å²) in [5.41, 5.74) is 0.481. The van der Waals surface area contributed by atoms with Crippen LogP contribution in [0.25, 0.3) is 0 Å². The number of hydrogen-bond acceptors (Lipinski definition) is 2. The van der Waals surface area contributed by atoms with Gasteiger partial charge in [0.1, 0.15) is 5.92 Å². The molecule has 0 saturated heterocycles. The van der Waals surface area contributed by atoms with E-state index in [0.717, 1.165) is 17.3 Å². The number of carbonyl (C=O) groups is 1. The summed E-state index contributed by atoms with van der Waals surface area (Å²) >= 11 is 9.23. The van der Waals surface area contributed by atoms with Crippen LogP contribution in [-0.4, -0.2) is 16.1 Å². The molecule has 1 aliphatic rings. The minimum atomic E-state index is -0.839. The Bertz CT molecular complexity index is 406. The van der Waals surface area contributed by atoms with Crippen LogP contribution in [0.4, 0.5) is 0 Å². The summed E-state index contributed by atoms with van der Waals surface area (Å²) < 4.78 is 0.760. The molecule has 80 valence electrons. The Balaban J connectivity index is 2.37. The van der Waals surface area contributed by atoms with Crippen LogP contribution < -0.4 is 0 Å². The van der Waals surface area contributed by atoms with Gasteiger partial charge in [0.15, 0.2) is 0 Å². The highest BCUT2D eigenvalue weighted by molar-refractivity contribution is 9.10. The molecule has 0 spiro atoms. The van der Waals surface area contributed by atoms with Gasteiger partial charge in [0.05, 0.1) is 10.7 Å². The Kier molecular flexibility index (Phi) is 2.98. The van der Waals surface area contributed by atoms with Gasteiger partial charge in [-0.25, -0.2) is 0 Å². The van der Waals surface area contributed by atoms with E-state index in [1.807, 2.05) is 0 Å². The number of hydrogen-bond donors (Lipinski definition) is 1. The van der Waals surface area contributed by atoms with Gasteiger partial charge >= 0.3 is 5.97 Å². The molecule has 0 bridgehead atoms. The molecule has 1 aliphatic carbocycles. The zero-order valence-electron chi connectivity index (χ0n) is 7.78. The van der Waals surface area contributed by atoms with E-state index >= 15 is 0 Å². The summed E-state index contributed by atoms with van der Waals surface area (Å²) in [5, 5.41) is 9.54. The summed E-state index contributed by atoms with van der Waals surface area (Å²) in [4.78, 5) is 15.2. The largest absolute Gasteiger partial charge is 0.481 e. The second-order valence-electron chi connectivity index (χ2n) is 3.67. The van der Waals surface area contributed by atoms with Crippen molar-refractivity contribution in [2.45, 2.75) is 18.8 Å². The van der Waals surface area contributed by atoms with Crippen LogP contribution in [0.3, 0.4) is 0 Å². The molecule has 2 rings (SSSR count). The Morgan fingerprint density at radius 1 is 1.67 bits per heavy atom. The Morgan fingerprint density at radius 2 is 2.33 bits per heavy atom. The molecule has 1 aromatic rings. The molecule has 1 unspecified atom stereocenters. The van der Waals surface area contributed by atoms with Crippen LogP contribution in [-0.2, 0) is 4.79 Å². The molecule has 1 fully saturated rings. The number of carboxylic acid groups (broad SMARTS) is 1. The van der Waals surface area contributed by atoms with Gasteiger partial charge in [0, 0.05) is 10.7 Å². The van der Waals surface area contributed by atoms with E-state index in [4.69, 9.17) is 16.7 Å². The smallest absolute Gasteiger partial charge is 0.312 e. The fourth-order valence-electron chi connectivity index (χ4n) is 1.63. The third kappa shape index (κ3) is 2.32. The van der Waals surface area contributed by atoms with E-state index in [2.05, 4.69) is 20.9 Å². The first-order valence-corrected chi connectivity index (χ1v) is 5.80. The van der Waals surface area contributed by atoms with Gasteiger partial charge in [-0.15, -0.1) is 0 Å². The third-order valence-corrected chi connectivity index (χ3v) is 3.23. The van der Waals surface area contributed by atoms with Crippen molar-refractivity contribution in [3.8, 4) is 0 Å². The van der Waals surface area contributed by atoms with Crippen molar-refractivity contribution in [2.24, 2.45) is 5.92 Å². The van der Waals surface area contributed by atoms with E-state index in [1.54, 1.807) is 12.3 Å². The normalized spacial score (nSPS) is 17.5. The summed E-state index contributed by atoms with van der Waals surface area (Å²) in [6.45, 7) is 0. The lowest BCUT2D eigenvalue weighted by atomic mass is 9.99. The maximum atomic E-state index is 11.1. The second kappa shape index (κ2) is 4.10. The van der Waals surface area contributed by atoms with E-state index in [0.29, 0.717) is 10.7 Å². The first-order valence-electron chi connectivity index (χ1n) is 4.63. The van der Waals surface area contributed by atoms with E-state index in [1.165, 1.54) is 0 Å². The fourth-order valence-corrected chi connectivity index (χ4v) is 2.37. The van der Waals surface area contributed by atoms with Gasteiger partial charge in [-0.05, 0) is 40.8 Å². The quantitative estimate of drug-likeness (QED) is 0.930. The van der Waals surface area contributed by atoms with Crippen molar-refractivity contribution in [3.63, 3.8) is 0 Å². The number of pyridine rings is 1. The number of carboxylic acids is 1. The van der Waals surface area contributed by atoms with Crippen molar-refractivity contribution in [3.05, 3.63) is 27.5 Å². The van der Waals surface area contributed by atoms with Crippen molar-refractivity contribution in [2.75, 3.05) is 0 Å². The van der Waals surface area contributed by atoms with Gasteiger partial charge in [0.2, 0.25) is 0 Å². The Hall–Kier alpha value is -0.610. The summed E-state index contributed by atoms with van der Waals surface area (Å²) in [5.74, 6) is -1.19. The molecular formula is C10H9BrClNO2. The minimum absolute atomic E-state index is 0.202. The van der Waals surface area contributed by atoms with Crippen LogP contribution in [0, 0.1) is 5.92 Å². The van der Waals surface area contributed by atoms with Crippen LogP contribution in [0.5, 0.6) is 0 Å². The van der Waals surface area contributed by atoms with E-state index in [9.17, 15) is 4.79 Å². The molecule has 0 aliphatic heterocycles. The first kappa shape index (κ1) is 10.9. The molecule has 1 heterocycles. The van der Waals surface area contributed by atoms with Crippen LogP contribution in [0.2, 0.25) is 5.02 Å². The highest BCUT2D eigenvalue weighted by Gasteiger charge is 2.39. The fraction of sp³-hybridized carbons (Fsp3) is 0.400. The Labute approximate surface area is 101 Å². The standard InChI is InChI=1S/C10H9BrClNO2/c11-6-3-7(12)9(13-4-6)8(10(14)15)5-1-2-5/h3-5,8H,1-2H2,(H,14,15). The minimum Gasteiger partial charge on any atom is -0.481 e. The third-order valence-electron chi connectivity index (χ3n) is 2.49. The van der Waals surface area contributed by atoms with Gasteiger partial charge in [0.25, 0.3) is 0 Å². The molecule has 5 heteroatoms. The maximum Gasteiger partial charge on any atom is 0.312 e. The zero-order valence-corrected chi connectivity index (χ0v) is 10.1. The average Bonchev–Trinajstić information content (AvgIpc) is 2.92. The number of halogens is 2. The summed E-state index contributed by atoms with van der Waals surface area (Å²) in [6, 6.07) is 1.68. The number of rotatable bonds is 3. The first-order chi connectivity index (χ1) is 7.09. The lowest BCUT2D eigenvalue weighted by molar-refractivity contribution is -0.139. The maximum absolute atomic E-state index is 11.1. The van der Waals surface area contributed by atoms with Crippen molar-refractivity contribution in [1.29, 1.82) is 0 Å². The summed E-state index contributed by atoms with van der Waals surface area (Å²) in [6.07, 6.45) is 3.48. The molecule has 1 saturated carbocycles. The highest BCUT2D eigenvalue weighted by Crippen LogP contribution is 2.44. The topological polar surface area (TPSA) is 50.2 Å². The van der Waals surface area contributed by atoms with Gasteiger partial charge in [-0.3, -0.25) is 9.78 Å². The van der Waals surface area contributed by atoms with Crippen molar-refractivity contribution < 1.29 is 9.90 Å². The van der Waals surface area contributed by atoms with Crippen molar-refractivity contribution in [1.82, 2.24) is 4.98 Å². The predicted octanol–water partition coefficient (Wildman–Crippen LogP) is 3.08. The van der Waals surface area contributed by atoms with Crippen LogP contribution >= 0.6 is 27.5 Å². The molecule has 3 nitrogen and oxygen atoms in total. The number of aromatic nitrogens is 1. The molecule has 0 aromatic carbocycles. The average molecular weight is 291 g/mol. The van der Waals surface area contributed by atoms with Crippen LogP contribution in [0.15, 0.2) is 16.7 Å². The zero-order chi connectivity index (χ0) is 11.0. The molecule has 1 N–H and O–H groups in total. The molecule has 1 aromatic heterocycles. The Morgan fingerprint density at radius 3 is 2.80 bits per heavy atom. The lowest BCUT2D eigenvalue weighted by Gasteiger charge is -2.12. The van der Waals surface area contributed by atoms with Crippen LogP contribution in [0.1, 0.15) is 24.5 Å². The second-order valence-corrected chi connectivity index (χ2v) is 5.00. The monoisotopic (exact) mass is 289 g/mol.